The molecule has 0 saturated heterocycles. The number of carboxylic acid groups (broad SMARTS) is 1. The highest BCUT2D eigenvalue weighted by molar-refractivity contribution is 6.22. The number of hydrogen-bond acceptors (Lipinski definition) is 9. The van der Waals surface area contributed by atoms with Gasteiger partial charge in [0, 0.05) is 18.3 Å². The molecule has 0 heterocycles. The molecule has 4 atom stereocenters. The van der Waals surface area contributed by atoms with E-state index in [-0.39, 0.29) is 11.3 Å². The number of aliphatic hydroxyl groups excluding tert-OH is 3. The Bertz CT molecular complexity index is 1460. The van der Waals surface area contributed by atoms with Crippen molar-refractivity contribution in [2.75, 3.05) is 7.11 Å². The first-order valence-electron chi connectivity index (χ1n) is 11.3. The minimum absolute atomic E-state index is 0.134. The molecule has 10 nitrogen and oxygen atoms in total. The SMILES string of the molecule is COc1ccc(/C=C2\c3cccc(O)c3C(O)=C3C(=O)C4(O)C(O)=C(C(=O)O)C(=O)CC4C(O)C32)cc1. The number of aromatic hydroxyl groups is 1. The van der Waals surface area contributed by atoms with Gasteiger partial charge < -0.3 is 35.4 Å². The average molecular weight is 506 g/mol. The number of hydrogen-bond donors (Lipinski definition) is 6. The summed E-state index contributed by atoms with van der Waals surface area (Å²) in [6.45, 7) is 0. The zero-order valence-corrected chi connectivity index (χ0v) is 19.4. The molecular weight excluding hydrogens is 484 g/mol. The maximum Gasteiger partial charge on any atom is 0.342 e. The van der Waals surface area contributed by atoms with Gasteiger partial charge >= 0.3 is 5.97 Å². The number of phenolic OH excluding ortho intramolecular Hbond substituents is 1. The summed E-state index contributed by atoms with van der Waals surface area (Å²) >= 11 is 0. The zero-order chi connectivity index (χ0) is 26.8. The van der Waals surface area contributed by atoms with E-state index in [1.165, 1.54) is 19.2 Å². The van der Waals surface area contributed by atoms with Crippen molar-refractivity contribution < 1.29 is 49.8 Å². The molecule has 0 bridgehead atoms. The van der Waals surface area contributed by atoms with Crippen molar-refractivity contribution in [1.82, 2.24) is 0 Å². The summed E-state index contributed by atoms with van der Waals surface area (Å²) in [4.78, 5) is 37.9. The Morgan fingerprint density at radius 3 is 2.38 bits per heavy atom. The number of carboxylic acids is 1. The second-order valence-corrected chi connectivity index (χ2v) is 9.16. The van der Waals surface area contributed by atoms with Gasteiger partial charge in [0.2, 0.25) is 5.78 Å². The number of methoxy groups -OCH3 is 1. The van der Waals surface area contributed by atoms with Crippen LogP contribution in [0.1, 0.15) is 23.1 Å². The fraction of sp³-hybridized carbons (Fsp3) is 0.222. The van der Waals surface area contributed by atoms with Crippen molar-refractivity contribution in [2.24, 2.45) is 11.8 Å². The molecule has 5 rings (SSSR count). The molecule has 2 aromatic carbocycles. The second kappa shape index (κ2) is 8.32. The van der Waals surface area contributed by atoms with E-state index >= 15 is 0 Å². The molecule has 3 aliphatic rings. The zero-order valence-electron chi connectivity index (χ0n) is 19.4. The molecule has 1 fully saturated rings. The molecule has 37 heavy (non-hydrogen) atoms. The van der Waals surface area contributed by atoms with Crippen molar-refractivity contribution in [3.8, 4) is 11.5 Å². The van der Waals surface area contributed by atoms with Crippen molar-refractivity contribution in [1.29, 1.82) is 0 Å². The summed E-state index contributed by atoms with van der Waals surface area (Å²) in [7, 11) is 1.50. The number of fused-ring (bicyclic) bond motifs is 3. The van der Waals surface area contributed by atoms with E-state index in [0.29, 0.717) is 22.4 Å². The molecular formula is C27H22O10. The number of carbonyl (C=O) groups excluding carboxylic acids is 2. The lowest BCUT2D eigenvalue weighted by Gasteiger charge is -2.49. The first kappa shape index (κ1) is 24.3. The quantitative estimate of drug-likeness (QED) is 0.337. The fourth-order valence-electron chi connectivity index (χ4n) is 5.53. The highest BCUT2D eigenvalue weighted by Crippen LogP contribution is 2.55. The molecule has 0 amide bonds. The normalized spacial score (nSPS) is 28.1. The average Bonchev–Trinajstić information content (AvgIpc) is 2.86. The van der Waals surface area contributed by atoms with Gasteiger partial charge in [-0.1, -0.05) is 30.3 Å². The van der Waals surface area contributed by atoms with Crippen LogP contribution in [0.15, 0.2) is 59.4 Å². The molecule has 2 aromatic rings. The number of benzene rings is 2. The van der Waals surface area contributed by atoms with Crippen LogP contribution in [0.5, 0.6) is 11.5 Å². The van der Waals surface area contributed by atoms with Crippen LogP contribution in [0.25, 0.3) is 17.4 Å². The minimum atomic E-state index is -2.98. The molecule has 0 aromatic heterocycles. The maximum atomic E-state index is 13.8. The van der Waals surface area contributed by atoms with Gasteiger partial charge in [0.05, 0.1) is 24.4 Å². The van der Waals surface area contributed by atoms with Gasteiger partial charge in [0.1, 0.15) is 22.8 Å². The van der Waals surface area contributed by atoms with E-state index in [2.05, 4.69) is 0 Å². The number of phenols is 1. The number of carbonyl (C=O) groups is 3. The van der Waals surface area contributed by atoms with Gasteiger partial charge in [-0.3, -0.25) is 9.59 Å². The van der Waals surface area contributed by atoms with Gasteiger partial charge in [0.15, 0.2) is 17.1 Å². The van der Waals surface area contributed by atoms with E-state index in [0.717, 1.165) is 0 Å². The van der Waals surface area contributed by atoms with Crippen LogP contribution in [0.2, 0.25) is 0 Å². The maximum absolute atomic E-state index is 13.8. The van der Waals surface area contributed by atoms with E-state index in [9.17, 15) is 45.0 Å². The van der Waals surface area contributed by atoms with Gasteiger partial charge in [-0.15, -0.1) is 0 Å². The van der Waals surface area contributed by atoms with Crippen LogP contribution in [0, 0.1) is 11.8 Å². The van der Waals surface area contributed by atoms with E-state index < -0.39 is 70.2 Å². The highest BCUT2D eigenvalue weighted by Gasteiger charge is 2.64. The minimum Gasteiger partial charge on any atom is -0.508 e. The summed E-state index contributed by atoms with van der Waals surface area (Å²) in [5.41, 5.74) is -3.59. The number of Topliss-reactive ketones (excluding diaryl/α,β-unsaturated/α-hetero) is 2. The summed E-state index contributed by atoms with van der Waals surface area (Å²) in [5, 5.41) is 64.6. The topological polar surface area (TPSA) is 182 Å². The second-order valence-electron chi connectivity index (χ2n) is 9.16. The first-order chi connectivity index (χ1) is 17.5. The van der Waals surface area contributed by atoms with Crippen molar-refractivity contribution in [3.05, 3.63) is 76.1 Å². The molecule has 0 radical (unpaired) electrons. The molecule has 4 unspecified atom stereocenters. The predicted molar refractivity (Wildman–Crippen MR) is 128 cm³/mol. The van der Waals surface area contributed by atoms with Gasteiger partial charge in [-0.25, -0.2) is 4.79 Å². The monoisotopic (exact) mass is 506 g/mol. The summed E-state index contributed by atoms with van der Waals surface area (Å²) < 4.78 is 5.17. The Morgan fingerprint density at radius 2 is 1.76 bits per heavy atom. The summed E-state index contributed by atoms with van der Waals surface area (Å²) in [5.74, 6) is -8.99. The molecule has 0 spiro atoms. The third-order valence-electron chi connectivity index (χ3n) is 7.31. The Labute approximate surface area is 209 Å². The number of ether oxygens (including phenoxy) is 1. The Balaban J connectivity index is 1.79. The highest BCUT2D eigenvalue weighted by atomic mass is 16.5. The Kier molecular flexibility index (Phi) is 5.47. The predicted octanol–water partition coefficient (Wildman–Crippen LogP) is 2.00. The van der Waals surface area contributed by atoms with Crippen molar-refractivity contribution in [3.63, 3.8) is 0 Å². The van der Waals surface area contributed by atoms with E-state index in [1.54, 1.807) is 36.4 Å². The van der Waals surface area contributed by atoms with Gasteiger partial charge in [-0.05, 0) is 34.9 Å². The summed E-state index contributed by atoms with van der Waals surface area (Å²) in [6.07, 6.45) is -0.817. The Morgan fingerprint density at radius 1 is 1.08 bits per heavy atom. The van der Waals surface area contributed by atoms with Crippen LogP contribution >= 0.6 is 0 Å². The molecule has 190 valence electrons. The summed E-state index contributed by atoms with van der Waals surface area (Å²) in [6, 6.07) is 11.1. The molecule has 10 heteroatoms. The number of rotatable bonds is 3. The standard InChI is InChI=1S/C27H22O10/c1-37-12-7-5-11(6-8-12)9-14-13-3-2-4-16(28)18(13)23(31)21-19(14)22(30)15-10-17(29)20(26(34)35)24(32)27(15,36)25(21)33/h2-9,15,19,22,28,30-32,36H,10H2,1H3,(H,34,35)/b14-9+. The van der Waals surface area contributed by atoms with Crippen LogP contribution in [-0.4, -0.2) is 67.0 Å². The fourth-order valence-corrected chi connectivity index (χ4v) is 5.53. The Hall–Kier alpha value is -4.41. The first-order valence-corrected chi connectivity index (χ1v) is 11.3. The van der Waals surface area contributed by atoms with Gasteiger partial charge in [-0.2, -0.15) is 0 Å². The van der Waals surface area contributed by atoms with E-state index in [1.807, 2.05) is 0 Å². The molecule has 1 saturated carbocycles. The molecule has 6 N–H and O–H groups in total. The molecule has 0 aliphatic heterocycles. The van der Waals surface area contributed by atoms with Crippen LogP contribution < -0.4 is 4.74 Å². The van der Waals surface area contributed by atoms with Gasteiger partial charge in [0.25, 0.3) is 0 Å². The van der Waals surface area contributed by atoms with Crippen LogP contribution in [-0.2, 0) is 14.4 Å². The number of ketones is 2. The largest absolute Gasteiger partial charge is 0.508 e. The lowest BCUT2D eigenvalue weighted by molar-refractivity contribution is -0.158. The third-order valence-corrected chi connectivity index (χ3v) is 7.31. The van der Waals surface area contributed by atoms with Crippen LogP contribution in [0.3, 0.4) is 0 Å². The van der Waals surface area contributed by atoms with E-state index in [4.69, 9.17) is 4.74 Å². The van der Waals surface area contributed by atoms with Crippen molar-refractivity contribution >= 4 is 34.9 Å². The smallest absolute Gasteiger partial charge is 0.342 e. The molecule has 3 aliphatic carbocycles. The number of aliphatic hydroxyl groups is 4. The lowest BCUT2D eigenvalue weighted by atomic mass is 9.56. The van der Waals surface area contributed by atoms with Crippen molar-refractivity contribution in [2.45, 2.75) is 18.1 Å². The lowest BCUT2D eigenvalue weighted by Crippen LogP contribution is -2.63. The number of aliphatic carboxylic acids is 1. The van der Waals surface area contributed by atoms with Crippen LogP contribution in [0.4, 0.5) is 0 Å². The third kappa shape index (κ3) is 3.30.